The van der Waals surface area contributed by atoms with Gasteiger partial charge in [-0.2, -0.15) is 0 Å². The van der Waals surface area contributed by atoms with Crippen molar-refractivity contribution in [2.75, 3.05) is 0 Å². The van der Waals surface area contributed by atoms with E-state index in [0.29, 0.717) is 10.7 Å². The summed E-state index contributed by atoms with van der Waals surface area (Å²) in [5, 5.41) is 0.512. The van der Waals surface area contributed by atoms with Crippen molar-refractivity contribution < 1.29 is 0 Å². The van der Waals surface area contributed by atoms with Crippen LogP contribution in [0, 0.1) is 0 Å². The fourth-order valence-electron chi connectivity index (χ4n) is 0.412. The van der Waals surface area contributed by atoms with E-state index in [0.717, 1.165) is 0 Å². The predicted octanol–water partition coefficient (Wildman–Crippen LogP) is 1.65. The highest BCUT2D eigenvalue weighted by molar-refractivity contribution is 6.30. The zero-order chi connectivity index (χ0) is 5.98. The summed E-state index contributed by atoms with van der Waals surface area (Å²) in [5.74, 6) is 0. The summed E-state index contributed by atoms with van der Waals surface area (Å²) in [4.78, 5) is 3.66. The molecule has 0 bridgehead atoms. The number of hydrogen-bond donors (Lipinski definition) is 0. The van der Waals surface area contributed by atoms with E-state index in [2.05, 4.69) is 4.98 Å². The van der Waals surface area contributed by atoms with Crippen molar-refractivity contribution in [1.82, 2.24) is 10.7 Å². The summed E-state index contributed by atoms with van der Waals surface area (Å²) in [5.41, 5.74) is 7.33. The molecule has 0 aliphatic heterocycles. The third-order valence-electron chi connectivity index (χ3n) is 0.705. The van der Waals surface area contributed by atoms with E-state index in [9.17, 15) is 0 Å². The van der Waals surface area contributed by atoms with Gasteiger partial charge in [-0.05, 0) is 6.07 Å². The molecule has 0 aliphatic carbocycles. The highest BCUT2D eigenvalue weighted by Gasteiger charge is 1.85. The van der Waals surface area contributed by atoms with Crippen molar-refractivity contribution in [3.63, 3.8) is 0 Å². The lowest BCUT2D eigenvalue weighted by atomic mass is 10.4. The first kappa shape index (κ1) is 5.38. The largest absolute Gasteiger partial charge is 0.299 e. The van der Waals surface area contributed by atoms with Crippen molar-refractivity contribution in [2.24, 2.45) is 0 Å². The van der Waals surface area contributed by atoms with Gasteiger partial charge in [0, 0.05) is 6.20 Å². The normalized spacial score (nSPS) is 9.12. The number of rotatable bonds is 0. The molecule has 2 nitrogen and oxygen atoms in total. The molecule has 0 spiro atoms. The molecule has 0 amide bonds. The highest BCUT2D eigenvalue weighted by atomic mass is 35.5. The Morgan fingerprint density at radius 1 is 1.50 bits per heavy atom. The van der Waals surface area contributed by atoms with Crippen LogP contribution < -0.4 is 5.73 Å². The maximum atomic E-state index is 6.99. The van der Waals surface area contributed by atoms with Crippen LogP contribution in [0.4, 0.5) is 5.69 Å². The maximum Gasteiger partial charge on any atom is 0.0737 e. The quantitative estimate of drug-likeness (QED) is 0.522. The Hall–Kier alpha value is -0.760. The fourth-order valence-corrected chi connectivity index (χ4v) is 0.586. The number of nitrogens with one attached hydrogen (secondary N) is 1. The van der Waals surface area contributed by atoms with Gasteiger partial charge < -0.3 is 0 Å². The van der Waals surface area contributed by atoms with Gasteiger partial charge in [-0.25, -0.2) is 0 Å². The molecule has 1 heterocycles. The average molecular weight is 128 g/mol. The molecular formula is C5H4ClN2. The van der Waals surface area contributed by atoms with Gasteiger partial charge in [0.2, 0.25) is 0 Å². The number of nitrogens with zero attached hydrogens (tertiary/aromatic N) is 1. The van der Waals surface area contributed by atoms with E-state index in [4.69, 9.17) is 17.3 Å². The Balaban J connectivity index is 3.08. The Labute approximate surface area is 52.3 Å². The molecule has 1 N–H and O–H groups in total. The maximum absolute atomic E-state index is 6.99. The smallest absolute Gasteiger partial charge is 0.0737 e. The standard InChI is InChI=1S/C5H4ClN2/c6-4-1-5(7)3-8-2-4/h1-3,7H. The molecule has 1 radical (unpaired) electrons. The zero-order valence-corrected chi connectivity index (χ0v) is 4.81. The van der Waals surface area contributed by atoms with Crippen molar-refractivity contribution >= 4 is 17.3 Å². The van der Waals surface area contributed by atoms with E-state index in [1.54, 1.807) is 0 Å². The molecule has 41 valence electrons. The molecule has 3 heteroatoms. The van der Waals surface area contributed by atoms with Crippen molar-refractivity contribution in [3.8, 4) is 0 Å². The lowest BCUT2D eigenvalue weighted by Gasteiger charge is -1.87. The molecule has 1 rings (SSSR count). The Morgan fingerprint density at radius 3 is 2.62 bits per heavy atom. The number of pyridine rings is 1. The Kier molecular flexibility index (Phi) is 1.35. The molecule has 1 aromatic heterocycles. The Bertz CT molecular complexity index is 170. The van der Waals surface area contributed by atoms with E-state index in [-0.39, 0.29) is 0 Å². The first-order valence-electron chi connectivity index (χ1n) is 2.11. The van der Waals surface area contributed by atoms with Crippen molar-refractivity contribution in [3.05, 3.63) is 23.5 Å². The van der Waals surface area contributed by atoms with Crippen LogP contribution in [0.15, 0.2) is 18.5 Å². The minimum atomic E-state index is 0.345. The molecule has 0 aliphatic rings. The van der Waals surface area contributed by atoms with Crippen LogP contribution >= 0.6 is 11.6 Å². The van der Waals surface area contributed by atoms with E-state index >= 15 is 0 Å². The summed E-state index contributed by atoms with van der Waals surface area (Å²) < 4.78 is 0. The highest BCUT2D eigenvalue weighted by Crippen LogP contribution is 2.09. The van der Waals surface area contributed by atoms with Crippen LogP contribution in [0.5, 0.6) is 0 Å². The summed E-state index contributed by atoms with van der Waals surface area (Å²) >= 11 is 5.46. The number of hydrogen-bond acceptors (Lipinski definition) is 1. The monoisotopic (exact) mass is 127 g/mol. The van der Waals surface area contributed by atoms with E-state index < -0.39 is 0 Å². The van der Waals surface area contributed by atoms with Crippen LogP contribution in [0.1, 0.15) is 0 Å². The van der Waals surface area contributed by atoms with Gasteiger partial charge in [0.1, 0.15) is 0 Å². The van der Waals surface area contributed by atoms with Gasteiger partial charge in [0.25, 0.3) is 0 Å². The third kappa shape index (κ3) is 1.10. The zero-order valence-electron chi connectivity index (χ0n) is 4.06. The fraction of sp³-hybridized carbons (Fsp3) is 0. The van der Waals surface area contributed by atoms with Gasteiger partial charge in [-0.3, -0.25) is 10.7 Å². The topological polar surface area (TPSA) is 36.7 Å². The molecule has 0 unspecified atom stereocenters. The second-order valence-electron chi connectivity index (χ2n) is 1.39. The van der Waals surface area contributed by atoms with Gasteiger partial charge in [0.15, 0.2) is 0 Å². The third-order valence-corrected chi connectivity index (χ3v) is 0.912. The molecule has 0 saturated heterocycles. The van der Waals surface area contributed by atoms with E-state index in [1.165, 1.54) is 18.5 Å². The van der Waals surface area contributed by atoms with Crippen LogP contribution in [0.25, 0.3) is 0 Å². The summed E-state index contributed by atoms with van der Waals surface area (Å²) in [7, 11) is 0. The van der Waals surface area contributed by atoms with Crippen molar-refractivity contribution in [2.45, 2.75) is 0 Å². The summed E-state index contributed by atoms with van der Waals surface area (Å²) in [6.45, 7) is 0. The first-order valence-corrected chi connectivity index (χ1v) is 2.49. The average Bonchev–Trinajstić information content (AvgIpc) is 1.64. The van der Waals surface area contributed by atoms with Crippen molar-refractivity contribution in [1.29, 1.82) is 0 Å². The van der Waals surface area contributed by atoms with Crippen LogP contribution in [0.2, 0.25) is 5.02 Å². The molecular weight excluding hydrogens is 124 g/mol. The lowest BCUT2D eigenvalue weighted by Crippen LogP contribution is -1.71. The van der Waals surface area contributed by atoms with Crippen LogP contribution in [0.3, 0.4) is 0 Å². The van der Waals surface area contributed by atoms with Gasteiger partial charge in [0.05, 0.1) is 16.9 Å². The van der Waals surface area contributed by atoms with Crippen LogP contribution in [-0.2, 0) is 0 Å². The molecule has 0 aromatic carbocycles. The van der Waals surface area contributed by atoms with Gasteiger partial charge in [-0.1, -0.05) is 11.6 Å². The molecule has 8 heavy (non-hydrogen) atoms. The number of aromatic nitrogens is 1. The van der Waals surface area contributed by atoms with E-state index in [1.807, 2.05) is 0 Å². The van der Waals surface area contributed by atoms with Gasteiger partial charge in [-0.15, -0.1) is 0 Å². The second kappa shape index (κ2) is 2.01. The van der Waals surface area contributed by atoms with Gasteiger partial charge >= 0.3 is 0 Å². The Morgan fingerprint density at radius 2 is 2.25 bits per heavy atom. The molecule has 0 saturated carbocycles. The van der Waals surface area contributed by atoms with Crippen LogP contribution in [-0.4, -0.2) is 4.98 Å². The SMILES string of the molecule is [NH]c1cncc(Cl)c1. The minimum Gasteiger partial charge on any atom is -0.299 e. The summed E-state index contributed by atoms with van der Waals surface area (Å²) in [6, 6.07) is 1.54. The predicted molar refractivity (Wildman–Crippen MR) is 32.0 cm³/mol. The lowest BCUT2D eigenvalue weighted by molar-refractivity contribution is 1.29. The molecule has 0 atom stereocenters. The number of halogens is 1. The molecule has 1 aromatic rings. The summed E-state index contributed by atoms with van der Waals surface area (Å²) in [6.07, 6.45) is 2.94. The minimum absolute atomic E-state index is 0.345. The first-order chi connectivity index (χ1) is 3.79. The second-order valence-corrected chi connectivity index (χ2v) is 1.83. The molecule has 0 fully saturated rings.